The number of aromatic nitrogens is 1. The number of para-hydroxylation sites is 1. The molecule has 0 aliphatic rings. The molecule has 1 aromatic heterocycles. The van der Waals surface area contributed by atoms with Crippen LogP contribution in [0.5, 0.6) is 0 Å². The predicted octanol–water partition coefficient (Wildman–Crippen LogP) is 24.3. The molecule has 0 aliphatic carbocycles. The van der Waals surface area contributed by atoms with Gasteiger partial charge in [-0.1, -0.05) is 268 Å². The lowest BCUT2D eigenvalue weighted by atomic mass is 9.84. The summed E-state index contributed by atoms with van der Waals surface area (Å²) in [6.45, 7) is 34.6. The van der Waals surface area contributed by atoms with Gasteiger partial charge in [-0.2, -0.15) is 0 Å². The van der Waals surface area contributed by atoms with Crippen molar-refractivity contribution in [3.05, 3.63) is 252 Å². The van der Waals surface area contributed by atoms with E-state index in [0.29, 0.717) is 0 Å². The number of anilines is 3. The Labute approximate surface area is 511 Å². The van der Waals surface area contributed by atoms with Crippen molar-refractivity contribution < 1.29 is 0 Å². The molecule has 0 spiro atoms. The van der Waals surface area contributed by atoms with E-state index in [1.54, 1.807) is 0 Å². The minimum Gasteiger partial charge on any atom is -0.309 e. The Hall–Kier alpha value is -8.72. The maximum Gasteiger partial charge on any atom is 0.0543 e. The molecule has 86 heavy (non-hydrogen) atoms. The zero-order chi connectivity index (χ0) is 60.4. The van der Waals surface area contributed by atoms with Gasteiger partial charge in [-0.3, -0.25) is 0 Å². The van der Waals surface area contributed by atoms with E-state index >= 15 is 0 Å². The first-order valence-electron chi connectivity index (χ1n) is 31.1. The van der Waals surface area contributed by atoms with Crippen molar-refractivity contribution in [1.82, 2.24) is 4.57 Å². The summed E-state index contributed by atoms with van der Waals surface area (Å²) in [7, 11) is 0. The van der Waals surface area contributed by atoms with Gasteiger partial charge in [0.05, 0.1) is 33.8 Å². The van der Waals surface area contributed by atoms with Gasteiger partial charge in [0, 0.05) is 32.7 Å². The van der Waals surface area contributed by atoms with E-state index in [9.17, 15) is 0 Å². The first-order chi connectivity index (χ1) is 40.8. The lowest BCUT2D eigenvalue weighted by molar-refractivity contribution is 0.590. The molecule has 0 aliphatic heterocycles. The SMILES string of the molecule is CC(C)(C)c1ccc(-c2cccc(-c3ccccc3N(c3cc(C(C)(C)C)ccc3-c3cccc(-c4ccc(C(C)(C)C)cc4)c3)c3ccc4ccc5c(-n6c7ccc(C(C)(C)C)cc7c7cc(C(C)(C)C)ccc76)ccc6ccc3c4c65)c2)cc1. The van der Waals surface area contributed by atoms with Gasteiger partial charge >= 0.3 is 0 Å². The van der Waals surface area contributed by atoms with Gasteiger partial charge in [0.2, 0.25) is 0 Å². The molecule has 0 unspecified atom stereocenters. The Morgan fingerprint density at radius 2 is 0.663 bits per heavy atom. The number of hydrogen-bond acceptors (Lipinski definition) is 1. The maximum atomic E-state index is 2.61. The molecular formula is C84H82N2. The van der Waals surface area contributed by atoms with E-state index in [4.69, 9.17) is 0 Å². The zero-order valence-corrected chi connectivity index (χ0v) is 53.3. The van der Waals surface area contributed by atoms with E-state index in [-0.39, 0.29) is 27.1 Å². The molecule has 0 bridgehead atoms. The van der Waals surface area contributed by atoms with Gasteiger partial charge in [0.25, 0.3) is 0 Å². The third-order valence-electron chi connectivity index (χ3n) is 18.4. The molecule has 2 nitrogen and oxygen atoms in total. The molecule has 12 aromatic carbocycles. The van der Waals surface area contributed by atoms with Gasteiger partial charge in [-0.05, 0) is 170 Å². The summed E-state index contributed by atoms with van der Waals surface area (Å²) >= 11 is 0. The highest BCUT2D eigenvalue weighted by Crippen LogP contribution is 2.51. The second-order valence-electron chi connectivity index (χ2n) is 29.5. The Morgan fingerprint density at radius 3 is 1.17 bits per heavy atom. The predicted molar refractivity (Wildman–Crippen MR) is 374 cm³/mol. The largest absolute Gasteiger partial charge is 0.309 e. The first kappa shape index (κ1) is 56.4. The summed E-state index contributed by atoms with van der Waals surface area (Å²) in [5.74, 6) is 0. The molecule has 0 amide bonds. The third kappa shape index (κ3) is 10.1. The first-order valence-corrected chi connectivity index (χ1v) is 31.1. The minimum atomic E-state index is -0.138. The van der Waals surface area contributed by atoms with Gasteiger partial charge in [-0.25, -0.2) is 0 Å². The summed E-state index contributed by atoms with van der Waals surface area (Å²) in [5, 5.41) is 10.0. The Kier molecular flexibility index (Phi) is 13.4. The fourth-order valence-electron chi connectivity index (χ4n) is 13.2. The van der Waals surface area contributed by atoms with Crippen LogP contribution in [-0.2, 0) is 27.1 Å². The van der Waals surface area contributed by atoms with Gasteiger partial charge in [-0.15, -0.1) is 0 Å². The van der Waals surface area contributed by atoms with Crippen LogP contribution in [0.3, 0.4) is 0 Å². The summed E-state index contributed by atoms with van der Waals surface area (Å²) in [4.78, 5) is 2.61. The van der Waals surface area contributed by atoms with Crippen molar-refractivity contribution in [2.24, 2.45) is 0 Å². The molecular weight excluding hydrogens is 1040 g/mol. The van der Waals surface area contributed by atoms with Crippen LogP contribution >= 0.6 is 0 Å². The zero-order valence-electron chi connectivity index (χ0n) is 53.3. The Balaban J connectivity index is 1.07. The molecule has 0 radical (unpaired) electrons. The highest BCUT2D eigenvalue weighted by molar-refractivity contribution is 6.28. The molecule has 13 rings (SSSR count). The lowest BCUT2D eigenvalue weighted by Crippen LogP contribution is -2.16. The highest BCUT2D eigenvalue weighted by Gasteiger charge is 2.28. The van der Waals surface area contributed by atoms with Crippen LogP contribution in [0.2, 0.25) is 0 Å². The fraction of sp³-hybridized carbons (Fsp3) is 0.238. The Bertz CT molecular complexity index is 4670. The molecule has 428 valence electrons. The second-order valence-corrected chi connectivity index (χ2v) is 29.5. The van der Waals surface area contributed by atoms with Crippen molar-refractivity contribution in [3.8, 4) is 50.2 Å². The topological polar surface area (TPSA) is 8.17 Å². The van der Waals surface area contributed by atoms with Crippen molar-refractivity contribution in [3.63, 3.8) is 0 Å². The number of rotatable bonds is 8. The van der Waals surface area contributed by atoms with E-state index in [0.717, 1.165) is 33.8 Å². The molecule has 0 N–H and O–H groups in total. The number of fused-ring (bicyclic) bond motifs is 3. The molecule has 1 heterocycles. The van der Waals surface area contributed by atoms with Crippen LogP contribution in [0, 0.1) is 0 Å². The quantitative estimate of drug-likeness (QED) is 0.138. The average molecular weight is 1120 g/mol. The molecule has 0 atom stereocenters. The molecule has 0 fully saturated rings. The van der Waals surface area contributed by atoms with Crippen LogP contribution in [0.25, 0.3) is 104 Å². The van der Waals surface area contributed by atoms with Crippen LogP contribution in [0.1, 0.15) is 132 Å². The summed E-state index contributed by atoms with van der Waals surface area (Å²) in [5.41, 5.74) is 23.1. The normalized spacial score (nSPS) is 12.8. The monoisotopic (exact) mass is 1120 g/mol. The van der Waals surface area contributed by atoms with Crippen LogP contribution in [-0.4, -0.2) is 4.57 Å². The van der Waals surface area contributed by atoms with Crippen molar-refractivity contribution in [2.75, 3.05) is 4.90 Å². The van der Waals surface area contributed by atoms with E-state index in [1.165, 1.54) is 115 Å². The number of benzene rings is 12. The summed E-state index contributed by atoms with van der Waals surface area (Å²) < 4.78 is 2.54. The highest BCUT2D eigenvalue weighted by atomic mass is 15.1. The third-order valence-corrected chi connectivity index (χ3v) is 18.4. The smallest absolute Gasteiger partial charge is 0.0543 e. The minimum absolute atomic E-state index is 0.00406. The number of nitrogens with zero attached hydrogens (tertiary/aromatic N) is 2. The van der Waals surface area contributed by atoms with Gasteiger partial charge < -0.3 is 9.47 Å². The summed E-state index contributed by atoms with van der Waals surface area (Å²) in [6, 6.07) is 86.4. The van der Waals surface area contributed by atoms with Crippen molar-refractivity contribution in [1.29, 1.82) is 0 Å². The Morgan fingerprint density at radius 1 is 0.256 bits per heavy atom. The maximum absolute atomic E-state index is 2.61. The lowest BCUT2D eigenvalue weighted by Gasteiger charge is -2.33. The van der Waals surface area contributed by atoms with Crippen molar-refractivity contribution in [2.45, 2.75) is 131 Å². The van der Waals surface area contributed by atoms with Crippen LogP contribution in [0.15, 0.2) is 224 Å². The number of hydrogen-bond donors (Lipinski definition) is 0. The molecule has 13 aromatic rings. The van der Waals surface area contributed by atoms with E-state index < -0.39 is 0 Å². The second kappa shape index (κ2) is 20.5. The van der Waals surface area contributed by atoms with Gasteiger partial charge in [0.1, 0.15) is 0 Å². The van der Waals surface area contributed by atoms with E-state index in [2.05, 4.69) is 338 Å². The molecule has 0 saturated carbocycles. The standard InChI is InChI=1S/C84H82N2/c1-80(2,3)61-34-26-53(27-35-61)57-20-18-22-59(48-57)66-24-16-17-25-72(66)86(77-52-65(84(13,14)15)38-43-67(77)60-23-19-21-58(49-60)54-28-36-62(37-29-54)81(4,5)6)74-45-33-56-30-41-68-73(44-32-55-31-42-69(74)79(56)78(55)68)85-75-46-39-63(82(7,8)9)50-70(75)71-51-64(83(10,11)12)40-47-76(71)85/h16-52H,1-15H3. The molecule has 2 heteroatoms. The van der Waals surface area contributed by atoms with Crippen LogP contribution in [0.4, 0.5) is 17.1 Å². The molecule has 0 saturated heterocycles. The van der Waals surface area contributed by atoms with Gasteiger partial charge in [0.15, 0.2) is 0 Å². The fourth-order valence-corrected chi connectivity index (χ4v) is 13.2. The summed E-state index contributed by atoms with van der Waals surface area (Å²) in [6.07, 6.45) is 0. The van der Waals surface area contributed by atoms with Crippen molar-refractivity contribution >= 4 is 71.2 Å². The average Bonchev–Trinajstić information content (AvgIpc) is 2.11. The van der Waals surface area contributed by atoms with Crippen LogP contribution < -0.4 is 4.90 Å². The van der Waals surface area contributed by atoms with E-state index in [1.807, 2.05) is 0 Å².